The molecule has 0 saturated carbocycles. The van der Waals surface area contributed by atoms with Crippen LogP contribution in [0.25, 0.3) is 0 Å². The number of halogens is 1. The Labute approximate surface area is 87.4 Å². The zero-order valence-electron chi connectivity index (χ0n) is 8.20. The molecule has 2 heterocycles. The van der Waals surface area contributed by atoms with Gasteiger partial charge in [-0.2, -0.15) is 5.10 Å². The average Bonchev–Trinajstić information content (AvgIpc) is 2.67. The van der Waals surface area contributed by atoms with E-state index in [9.17, 15) is 4.79 Å². The summed E-state index contributed by atoms with van der Waals surface area (Å²) in [7, 11) is 1.89. The summed E-state index contributed by atoms with van der Waals surface area (Å²) in [5.41, 5.74) is 2.23. The minimum absolute atomic E-state index is 0.0112. The lowest BCUT2D eigenvalue weighted by atomic mass is 10.3. The normalized spacial score (nSPS) is 16.9. The van der Waals surface area contributed by atoms with Crippen molar-refractivity contribution in [3.63, 3.8) is 0 Å². The van der Waals surface area contributed by atoms with Crippen molar-refractivity contribution in [2.45, 2.75) is 25.4 Å². The van der Waals surface area contributed by atoms with Crippen LogP contribution in [0.15, 0.2) is 6.20 Å². The number of hydrogen-bond acceptors (Lipinski definition) is 2. The molecule has 14 heavy (non-hydrogen) atoms. The molecule has 76 valence electrons. The lowest BCUT2D eigenvalue weighted by Crippen LogP contribution is -2.31. The Morgan fingerprint density at radius 3 is 2.93 bits per heavy atom. The largest absolute Gasteiger partial charge is 0.331 e. The molecule has 0 aliphatic carbocycles. The van der Waals surface area contributed by atoms with Crippen molar-refractivity contribution in [1.29, 1.82) is 0 Å². The van der Waals surface area contributed by atoms with E-state index in [1.807, 2.05) is 17.9 Å². The number of aromatic nitrogens is 2. The first-order valence-electron chi connectivity index (χ1n) is 4.52. The molecule has 0 N–H and O–H groups in total. The van der Waals surface area contributed by atoms with Gasteiger partial charge in [0, 0.05) is 19.2 Å². The molecule has 1 aliphatic rings. The van der Waals surface area contributed by atoms with Gasteiger partial charge >= 0.3 is 0 Å². The number of hydrogen-bond donors (Lipinski definition) is 0. The molecule has 2 rings (SSSR count). The van der Waals surface area contributed by atoms with Crippen molar-refractivity contribution < 1.29 is 4.79 Å². The second-order valence-electron chi connectivity index (χ2n) is 3.55. The van der Waals surface area contributed by atoms with Crippen LogP contribution in [-0.2, 0) is 24.9 Å². The predicted molar refractivity (Wildman–Crippen MR) is 52.8 cm³/mol. The summed E-state index contributed by atoms with van der Waals surface area (Å²) in [6, 6.07) is 0. The van der Waals surface area contributed by atoms with Crippen molar-refractivity contribution in [1.82, 2.24) is 14.7 Å². The molecule has 1 atom stereocenters. The highest BCUT2D eigenvalue weighted by Crippen LogP contribution is 2.22. The molecule has 0 aromatic carbocycles. The van der Waals surface area contributed by atoms with Gasteiger partial charge in [0.1, 0.15) is 5.38 Å². The van der Waals surface area contributed by atoms with E-state index in [4.69, 9.17) is 11.6 Å². The number of carbonyl (C=O) groups is 1. The van der Waals surface area contributed by atoms with Gasteiger partial charge in [0.25, 0.3) is 0 Å². The summed E-state index contributed by atoms with van der Waals surface area (Å²) in [6.45, 7) is 2.96. The third-order valence-corrected chi connectivity index (χ3v) is 2.69. The first-order chi connectivity index (χ1) is 6.59. The summed E-state index contributed by atoms with van der Waals surface area (Å²) in [6.07, 6.45) is 1.81. The highest BCUT2D eigenvalue weighted by atomic mass is 35.5. The summed E-state index contributed by atoms with van der Waals surface area (Å²) < 4.78 is 1.81. The van der Waals surface area contributed by atoms with Crippen molar-refractivity contribution >= 4 is 17.5 Å². The van der Waals surface area contributed by atoms with Gasteiger partial charge in [-0.15, -0.1) is 11.6 Å². The van der Waals surface area contributed by atoms with E-state index in [0.717, 1.165) is 11.3 Å². The van der Waals surface area contributed by atoms with E-state index in [1.165, 1.54) is 0 Å². The first kappa shape index (κ1) is 9.52. The number of amides is 1. The van der Waals surface area contributed by atoms with E-state index in [0.29, 0.717) is 13.1 Å². The Morgan fingerprint density at radius 2 is 2.36 bits per heavy atom. The van der Waals surface area contributed by atoms with Gasteiger partial charge in [0.2, 0.25) is 5.91 Å². The Bertz CT molecular complexity index is 372. The Morgan fingerprint density at radius 1 is 1.64 bits per heavy atom. The molecule has 1 aromatic heterocycles. The monoisotopic (exact) mass is 213 g/mol. The van der Waals surface area contributed by atoms with Crippen LogP contribution in [0.5, 0.6) is 0 Å². The quantitative estimate of drug-likeness (QED) is 0.650. The van der Waals surface area contributed by atoms with Gasteiger partial charge < -0.3 is 4.90 Å². The maximum Gasteiger partial charge on any atom is 0.240 e. The minimum atomic E-state index is -0.447. The average molecular weight is 214 g/mol. The van der Waals surface area contributed by atoms with Crippen molar-refractivity contribution in [3.05, 3.63) is 17.5 Å². The number of nitrogens with zero attached hydrogens (tertiary/aromatic N) is 3. The fraction of sp³-hybridized carbons (Fsp3) is 0.556. The topological polar surface area (TPSA) is 38.1 Å². The first-order valence-corrected chi connectivity index (χ1v) is 4.96. The van der Waals surface area contributed by atoms with E-state index < -0.39 is 5.38 Å². The fourth-order valence-electron chi connectivity index (χ4n) is 1.69. The van der Waals surface area contributed by atoms with Gasteiger partial charge in [-0.05, 0) is 6.92 Å². The highest BCUT2D eigenvalue weighted by molar-refractivity contribution is 6.30. The molecule has 5 heteroatoms. The van der Waals surface area contributed by atoms with Crippen LogP contribution in [0.2, 0.25) is 0 Å². The minimum Gasteiger partial charge on any atom is -0.331 e. The molecule has 1 amide bonds. The summed E-state index contributed by atoms with van der Waals surface area (Å²) in [5.74, 6) is -0.0112. The number of rotatable bonds is 1. The SMILES string of the molecule is CC(Cl)C(=O)N1Cc2cnn(C)c2C1. The lowest BCUT2D eigenvalue weighted by Gasteiger charge is -2.16. The molecule has 1 unspecified atom stereocenters. The van der Waals surface area contributed by atoms with E-state index >= 15 is 0 Å². The Kier molecular flexibility index (Phi) is 2.23. The van der Waals surface area contributed by atoms with Crippen molar-refractivity contribution in [2.24, 2.45) is 7.05 Å². The predicted octanol–water partition coefficient (Wildman–Crippen LogP) is 0.890. The molecule has 1 aromatic rings. The second-order valence-corrected chi connectivity index (χ2v) is 4.21. The molecule has 0 bridgehead atoms. The Balaban J connectivity index is 2.16. The van der Waals surface area contributed by atoms with E-state index in [1.54, 1.807) is 11.8 Å². The molecule has 0 spiro atoms. The maximum atomic E-state index is 11.6. The zero-order valence-corrected chi connectivity index (χ0v) is 8.95. The third kappa shape index (κ3) is 1.39. The lowest BCUT2D eigenvalue weighted by molar-refractivity contribution is -0.131. The molecular formula is C9H12ClN3O. The Hall–Kier alpha value is -1.03. The van der Waals surface area contributed by atoms with Crippen LogP contribution < -0.4 is 0 Å². The molecule has 4 nitrogen and oxygen atoms in total. The fourth-order valence-corrected chi connectivity index (χ4v) is 1.83. The van der Waals surface area contributed by atoms with Crippen LogP contribution in [0, 0.1) is 0 Å². The highest BCUT2D eigenvalue weighted by Gasteiger charge is 2.28. The number of aryl methyl sites for hydroxylation is 1. The van der Waals surface area contributed by atoms with Crippen molar-refractivity contribution in [3.8, 4) is 0 Å². The van der Waals surface area contributed by atoms with E-state index in [2.05, 4.69) is 5.10 Å². The number of alkyl halides is 1. The molecular weight excluding hydrogens is 202 g/mol. The third-order valence-electron chi connectivity index (χ3n) is 2.50. The smallest absolute Gasteiger partial charge is 0.240 e. The number of carbonyl (C=O) groups excluding carboxylic acids is 1. The second kappa shape index (κ2) is 3.28. The van der Waals surface area contributed by atoms with Crippen LogP contribution in [0.3, 0.4) is 0 Å². The molecule has 0 saturated heterocycles. The van der Waals surface area contributed by atoms with Crippen LogP contribution in [-0.4, -0.2) is 26.0 Å². The zero-order chi connectivity index (χ0) is 10.3. The van der Waals surface area contributed by atoms with Gasteiger partial charge in [-0.3, -0.25) is 9.48 Å². The van der Waals surface area contributed by atoms with Crippen LogP contribution >= 0.6 is 11.6 Å². The van der Waals surface area contributed by atoms with Gasteiger partial charge in [-0.25, -0.2) is 0 Å². The van der Waals surface area contributed by atoms with E-state index in [-0.39, 0.29) is 5.91 Å². The molecule has 1 aliphatic heterocycles. The number of fused-ring (bicyclic) bond motifs is 1. The van der Waals surface area contributed by atoms with Gasteiger partial charge in [0.05, 0.1) is 18.4 Å². The van der Waals surface area contributed by atoms with Gasteiger partial charge in [0.15, 0.2) is 0 Å². The summed E-state index contributed by atoms with van der Waals surface area (Å²) in [5, 5.41) is 3.68. The van der Waals surface area contributed by atoms with Gasteiger partial charge in [-0.1, -0.05) is 0 Å². The maximum absolute atomic E-state index is 11.6. The standard InChI is InChI=1S/C9H12ClN3O/c1-6(10)9(14)13-4-7-3-11-12(2)8(7)5-13/h3,6H,4-5H2,1-2H3. The molecule has 0 fully saturated rings. The van der Waals surface area contributed by atoms with Crippen LogP contribution in [0.1, 0.15) is 18.2 Å². The van der Waals surface area contributed by atoms with Crippen LogP contribution in [0.4, 0.5) is 0 Å². The molecule has 0 radical (unpaired) electrons. The summed E-state index contributed by atoms with van der Waals surface area (Å²) in [4.78, 5) is 13.3. The van der Waals surface area contributed by atoms with Crippen molar-refractivity contribution in [2.75, 3.05) is 0 Å². The summed E-state index contributed by atoms with van der Waals surface area (Å²) >= 11 is 5.74.